The maximum Gasteiger partial charge on any atom is 0.134 e. The number of hydrogen-bond donors (Lipinski definition) is 2. The van der Waals surface area contributed by atoms with Crippen LogP contribution in [0.2, 0.25) is 0 Å². The van der Waals surface area contributed by atoms with E-state index in [0.29, 0.717) is 5.56 Å². The van der Waals surface area contributed by atoms with Gasteiger partial charge in [0.25, 0.3) is 0 Å². The molecule has 0 spiro atoms. The number of fused-ring (bicyclic) bond motifs is 1. The van der Waals surface area contributed by atoms with Gasteiger partial charge in [0.2, 0.25) is 0 Å². The lowest BCUT2D eigenvalue weighted by Gasteiger charge is -2.19. The summed E-state index contributed by atoms with van der Waals surface area (Å²) in [5.74, 6) is 5.44. The Balaban J connectivity index is 2.19. The molecule has 0 saturated heterocycles. The van der Waals surface area contributed by atoms with Gasteiger partial charge in [0, 0.05) is 16.5 Å². The molecule has 0 aliphatic heterocycles. The molecule has 2 aromatic carbocycles. The maximum absolute atomic E-state index is 14.4. The highest BCUT2D eigenvalue weighted by Crippen LogP contribution is 2.33. The van der Waals surface area contributed by atoms with Crippen molar-refractivity contribution in [3.8, 4) is 0 Å². The van der Waals surface area contributed by atoms with Crippen molar-refractivity contribution in [3.05, 3.63) is 70.7 Å². The Kier molecular flexibility index (Phi) is 3.49. The van der Waals surface area contributed by atoms with Gasteiger partial charge in [-0.25, -0.2) is 9.82 Å². The number of halogens is 1. The summed E-state index contributed by atoms with van der Waals surface area (Å²) < 4.78 is 20.0. The Labute approximate surface area is 122 Å². The Hall–Kier alpha value is -2.17. The molecule has 0 aliphatic rings. The van der Waals surface area contributed by atoms with E-state index >= 15 is 0 Å². The third-order valence-electron chi connectivity index (χ3n) is 3.76. The second-order valence-corrected chi connectivity index (χ2v) is 5.26. The lowest BCUT2D eigenvalue weighted by molar-refractivity contribution is 0.547. The van der Waals surface area contributed by atoms with E-state index in [-0.39, 0.29) is 5.82 Å². The molecule has 1 atom stereocenters. The van der Waals surface area contributed by atoms with Crippen LogP contribution in [0.15, 0.2) is 47.1 Å². The Bertz CT molecular complexity index is 771. The van der Waals surface area contributed by atoms with Gasteiger partial charge in [0.05, 0.1) is 12.3 Å². The number of furan rings is 1. The van der Waals surface area contributed by atoms with Crippen LogP contribution < -0.4 is 11.3 Å². The van der Waals surface area contributed by atoms with E-state index < -0.39 is 6.04 Å². The van der Waals surface area contributed by atoms with Gasteiger partial charge >= 0.3 is 0 Å². The molecule has 0 radical (unpaired) electrons. The predicted molar refractivity (Wildman–Crippen MR) is 81.3 cm³/mol. The van der Waals surface area contributed by atoms with Gasteiger partial charge < -0.3 is 4.42 Å². The molecule has 0 amide bonds. The van der Waals surface area contributed by atoms with Gasteiger partial charge in [-0.3, -0.25) is 5.84 Å². The van der Waals surface area contributed by atoms with E-state index in [9.17, 15) is 4.39 Å². The molecular weight excluding hydrogens is 267 g/mol. The molecule has 0 saturated carbocycles. The first kappa shape index (κ1) is 13.8. The Morgan fingerprint density at radius 1 is 1.19 bits per heavy atom. The van der Waals surface area contributed by atoms with Crippen molar-refractivity contribution in [2.24, 2.45) is 5.84 Å². The molecule has 3 nitrogen and oxygen atoms in total. The van der Waals surface area contributed by atoms with Crippen LogP contribution in [0.1, 0.15) is 28.3 Å². The molecule has 4 heteroatoms. The zero-order valence-corrected chi connectivity index (χ0v) is 12.0. The number of para-hydroxylation sites is 1. The van der Waals surface area contributed by atoms with E-state index in [1.807, 2.05) is 44.2 Å². The van der Waals surface area contributed by atoms with Gasteiger partial charge in [-0.15, -0.1) is 0 Å². The molecule has 1 aromatic heterocycles. The molecule has 1 heterocycles. The first-order valence-corrected chi connectivity index (χ1v) is 6.80. The quantitative estimate of drug-likeness (QED) is 0.569. The second-order valence-electron chi connectivity index (χ2n) is 5.26. The Morgan fingerprint density at radius 3 is 2.67 bits per heavy atom. The summed E-state index contributed by atoms with van der Waals surface area (Å²) in [7, 11) is 0. The summed E-state index contributed by atoms with van der Waals surface area (Å²) in [6.45, 7) is 3.76. The normalized spacial score (nSPS) is 12.8. The van der Waals surface area contributed by atoms with Crippen LogP contribution >= 0.6 is 0 Å². The number of nitrogens with one attached hydrogen (secondary N) is 1. The average Bonchev–Trinajstić information content (AvgIpc) is 2.86. The van der Waals surface area contributed by atoms with Crippen LogP contribution in [0.4, 0.5) is 4.39 Å². The van der Waals surface area contributed by atoms with E-state index in [4.69, 9.17) is 10.3 Å². The maximum atomic E-state index is 14.4. The van der Waals surface area contributed by atoms with Gasteiger partial charge in [-0.2, -0.15) is 0 Å². The second kappa shape index (κ2) is 5.31. The molecule has 3 rings (SSSR count). The first-order chi connectivity index (χ1) is 10.1. The van der Waals surface area contributed by atoms with Crippen LogP contribution in [0.25, 0.3) is 11.0 Å². The van der Waals surface area contributed by atoms with E-state index in [0.717, 1.165) is 27.7 Å². The zero-order chi connectivity index (χ0) is 15.0. The molecule has 0 bridgehead atoms. The third kappa shape index (κ3) is 2.33. The van der Waals surface area contributed by atoms with E-state index in [1.54, 1.807) is 6.26 Å². The topological polar surface area (TPSA) is 51.2 Å². The number of benzene rings is 2. The number of aryl methyl sites for hydroxylation is 2. The van der Waals surface area contributed by atoms with Crippen LogP contribution in [0.5, 0.6) is 0 Å². The van der Waals surface area contributed by atoms with Crippen molar-refractivity contribution >= 4 is 11.0 Å². The van der Waals surface area contributed by atoms with Crippen molar-refractivity contribution in [3.63, 3.8) is 0 Å². The molecular formula is C17H17FN2O. The zero-order valence-electron chi connectivity index (χ0n) is 12.0. The minimum absolute atomic E-state index is 0.263. The molecule has 0 fully saturated rings. The SMILES string of the molecule is Cc1cc(C)c(C(NN)c2coc3ccccc23)c(F)c1. The van der Waals surface area contributed by atoms with Crippen LogP contribution in [0, 0.1) is 19.7 Å². The van der Waals surface area contributed by atoms with Gasteiger partial charge in [0.1, 0.15) is 11.4 Å². The largest absolute Gasteiger partial charge is 0.464 e. The van der Waals surface area contributed by atoms with Crippen molar-refractivity contribution in [1.82, 2.24) is 5.43 Å². The summed E-state index contributed by atoms with van der Waals surface area (Å²) in [5, 5.41) is 0.930. The lowest BCUT2D eigenvalue weighted by Crippen LogP contribution is -2.30. The number of nitrogens with two attached hydrogens (primary N) is 1. The molecule has 0 aliphatic carbocycles. The predicted octanol–water partition coefficient (Wildman–Crippen LogP) is 3.74. The van der Waals surface area contributed by atoms with Crippen LogP contribution in [-0.2, 0) is 0 Å². The average molecular weight is 284 g/mol. The van der Waals surface area contributed by atoms with Crippen molar-refractivity contribution in [2.45, 2.75) is 19.9 Å². The van der Waals surface area contributed by atoms with E-state index in [2.05, 4.69) is 5.43 Å². The fourth-order valence-corrected chi connectivity index (χ4v) is 2.84. The van der Waals surface area contributed by atoms with Gasteiger partial charge in [0.15, 0.2) is 0 Å². The molecule has 1 unspecified atom stereocenters. The monoisotopic (exact) mass is 284 g/mol. The van der Waals surface area contributed by atoms with Gasteiger partial charge in [-0.1, -0.05) is 24.3 Å². The number of rotatable bonds is 3. The van der Waals surface area contributed by atoms with Crippen molar-refractivity contribution in [2.75, 3.05) is 0 Å². The van der Waals surface area contributed by atoms with E-state index in [1.165, 1.54) is 6.07 Å². The smallest absolute Gasteiger partial charge is 0.134 e. The number of hydrogen-bond acceptors (Lipinski definition) is 3. The minimum Gasteiger partial charge on any atom is -0.464 e. The lowest BCUT2D eigenvalue weighted by atomic mass is 9.93. The summed E-state index contributed by atoms with van der Waals surface area (Å²) in [5.41, 5.74) is 6.61. The fraction of sp³-hybridized carbons (Fsp3) is 0.176. The summed E-state index contributed by atoms with van der Waals surface area (Å²) in [4.78, 5) is 0. The fourth-order valence-electron chi connectivity index (χ4n) is 2.84. The molecule has 3 N–H and O–H groups in total. The van der Waals surface area contributed by atoms with Crippen LogP contribution in [0.3, 0.4) is 0 Å². The summed E-state index contributed by atoms with van der Waals surface area (Å²) >= 11 is 0. The summed E-state index contributed by atoms with van der Waals surface area (Å²) in [6.07, 6.45) is 1.63. The van der Waals surface area contributed by atoms with Crippen molar-refractivity contribution in [1.29, 1.82) is 0 Å². The first-order valence-electron chi connectivity index (χ1n) is 6.80. The molecule has 108 valence electrons. The van der Waals surface area contributed by atoms with Crippen LogP contribution in [-0.4, -0.2) is 0 Å². The van der Waals surface area contributed by atoms with Crippen molar-refractivity contribution < 1.29 is 8.81 Å². The third-order valence-corrected chi connectivity index (χ3v) is 3.76. The highest BCUT2D eigenvalue weighted by atomic mass is 19.1. The highest BCUT2D eigenvalue weighted by molar-refractivity contribution is 5.82. The highest BCUT2D eigenvalue weighted by Gasteiger charge is 2.22. The standard InChI is InChI=1S/C17H17FN2O/c1-10-7-11(2)16(14(18)8-10)17(20-19)13-9-21-15-6-4-3-5-12(13)15/h3-9,17,20H,19H2,1-2H3. The van der Waals surface area contributed by atoms with Gasteiger partial charge in [-0.05, 0) is 37.1 Å². The molecule has 21 heavy (non-hydrogen) atoms. The number of hydrazine groups is 1. The summed E-state index contributed by atoms with van der Waals surface area (Å²) in [6, 6.07) is 10.7. The Morgan fingerprint density at radius 2 is 1.95 bits per heavy atom. The minimum atomic E-state index is -0.450. The molecule has 3 aromatic rings.